The van der Waals surface area contributed by atoms with Gasteiger partial charge in [0.2, 0.25) is 0 Å². The highest BCUT2D eigenvalue weighted by molar-refractivity contribution is 14.1. The molecule has 10 aromatic rings. The number of nitro benzene ring substituents is 4. The number of carbonyl (C=O) groups excluding carboxylic acids is 3. The number of halogens is 2. The molecule has 32 heteroatoms. The number of hydrogen-bond acceptors (Lipinski definition) is 20. The summed E-state index contributed by atoms with van der Waals surface area (Å²) in [5.41, 5.74) is 23.7. The number of rotatable bonds is 25. The largest absolute Gasteiger partial charge is 0.478 e. The maximum atomic E-state index is 12.4. The van der Waals surface area contributed by atoms with Crippen molar-refractivity contribution in [3.8, 4) is 44.5 Å². The van der Waals surface area contributed by atoms with E-state index < -0.39 is 37.6 Å². The quantitative estimate of drug-likeness (QED) is 0.0114. The van der Waals surface area contributed by atoms with Crippen molar-refractivity contribution in [3.63, 3.8) is 0 Å². The number of nitrogen functional groups attached to an aromatic ring is 1. The summed E-state index contributed by atoms with van der Waals surface area (Å²) in [6.45, 7) is 21.5. The Bertz CT molecular complexity index is 4880. The lowest BCUT2D eigenvalue weighted by atomic mass is 10.0. The molecule has 4 atom stereocenters. The van der Waals surface area contributed by atoms with Crippen molar-refractivity contribution in [3.05, 3.63) is 316 Å². The normalized spacial score (nSPS) is 11.1. The standard InChI is InChI=1S/C18H20INO2.C18H20N2O4.C18H22N2O2.C14H11NO4.C7H4INO4.C7H5NO4.C4H11NO.C2H6/c1-12-4-6-14(7-5-12)15-8-16(10-17(19)9-15)18(21)20-13(2)11-22-3;1-12-4-6-14(7-5-12)15-8-16(10-17(9-15)20(22)23)18(21)19-13(2)11-24-3;1-12-4-6-14(7-5-12)15-8-16(10-17(19)9-15)18(21)20-13(2)11-22-3;1-9-2-4-10(5-3-9)11-6-12(14(16)17)8-13(7-11)15(18)19;8-5-1-4(7(10)11)2-6(3-5)9(12)13;9-7(10)5-2-1-3-6(4-5)8(11)12;1-4(5)3-6-2;1-2/h4-10,13H,11H2,1-3H3,(H,20,21);4-10,13H,11H2,1-3H3,(H,19,21);4-10,13H,11,19H2,1-3H3,(H,20,21);2-8H,1H3,(H,16,17);1-3H,(H,10,11);1-4H,(H,9,10);4H,3,5H2,1-2H3;1-2H3. The predicted octanol–water partition coefficient (Wildman–Crippen LogP) is 17.8. The van der Waals surface area contributed by atoms with E-state index in [9.17, 15) is 69.2 Å². The second kappa shape index (κ2) is 52.5. The van der Waals surface area contributed by atoms with Crippen LogP contribution in [0.15, 0.2) is 212 Å². The first-order chi connectivity index (χ1) is 56.7. The van der Waals surface area contributed by atoms with E-state index in [1.807, 2.05) is 163 Å². The van der Waals surface area contributed by atoms with Crippen molar-refractivity contribution in [1.29, 1.82) is 0 Å². The molecule has 3 amide bonds. The molecule has 10 aromatic carbocycles. The van der Waals surface area contributed by atoms with E-state index in [-0.39, 0.29) is 86.9 Å². The summed E-state index contributed by atoms with van der Waals surface area (Å²) >= 11 is 4.07. The van der Waals surface area contributed by atoms with Crippen molar-refractivity contribution < 1.29 is 82.7 Å². The first kappa shape index (κ1) is 102. The van der Waals surface area contributed by atoms with Crippen molar-refractivity contribution in [2.24, 2.45) is 5.73 Å². The third kappa shape index (κ3) is 36.7. The lowest BCUT2D eigenvalue weighted by Gasteiger charge is -2.14. The molecule has 0 heterocycles. The van der Waals surface area contributed by atoms with E-state index in [0.717, 1.165) is 66.3 Å². The van der Waals surface area contributed by atoms with Gasteiger partial charge in [0.25, 0.3) is 40.5 Å². The third-order valence-corrected chi connectivity index (χ3v) is 17.4. The van der Waals surface area contributed by atoms with Crippen LogP contribution in [0.5, 0.6) is 0 Å². The van der Waals surface area contributed by atoms with Crippen LogP contribution in [0.2, 0.25) is 0 Å². The molecular formula is C88H99I2N9O21. The number of ether oxygens (including phenoxy) is 4. The Kier molecular flexibility index (Phi) is 44.5. The van der Waals surface area contributed by atoms with Gasteiger partial charge < -0.3 is 61.7 Å². The first-order valence-corrected chi connectivity index (χ1v) is 39.0. The number of carbonyl (C=O) groups is 6. The second-order valence-corrected chi connectivity index (χ2v) is 29.2. The van der Waals surface area contributed by atoms with Crippen LogP contribution in [-0.2, 0) is 18.9 Å². The van der Waals surface area contributed by atoms with Gasteiger partial charge in [0.15, 0.2) is 0 Å². The molecule has 10 N–H and O–H groups in total. The van der Waals surface area contributed by atoms with Crippen molar-refractivity contribution >= 4 is 109 Å². The topological polar surface area (TPSA) is 461 Å². The van der Waals surface area contributed by atoms with E-state index in [1.165, 1.54) is 65.7 Å². The monoisotopic (exact) mass is 1870 g/mol. The van der Waals surface area contributed by atoms with Gasteiger partial charge >= 0.3 is 17.9 Å². The minimum Gasteiger partial charge on any atom is -0.478 e. The number of anilines is 1. The molecule has 0 bridgehead atoms. The fourth-order valence-electron chi connectivity index (χ4n) is 10.5. The van der Waals surface area contributed by atoms with Gasteiger partial charge in [-0.1, -0.05) is 139 Å². The highest BCUT2D eigenvalue weighted by Crippen LogP contribution is 2.31. The fourth-order valence-corrected chi connectivity index (χ4v) is 11.8. The highest BCUT2D eigenvalue weighted by atomic mass is 127. The summed E-state index contributed by atoms with van der Waals surface area (Å²) in [4.78, 5) is 109. The summed E-state index contributed by atoms with van der Waals surface area (Å²) in [6.07, 6.45) is 0. The summed E-state index contributed by atoms with van der Waals surface area (Å²) in [5, 5.41) is 77.2. The van der Waals surface area contributed by atoms with E-state index >= 15 is 0 Å². The summed E-state index contributed by atoms with van der Waals surface area (Å²) < 4.78 is 21.3. The van der Waals surface area contributed by atoms with Gasteiger partial charge in [-0.3, -0.25) is 54.8 Å². The number of hydrogen-bond donors (Lipinski definition) is 8. The Morgan fingerprint density at radius 2 is 0.617 bits per heavy atom. The number of nitrogens with one attached hydrogen (secondary N) is 3. The number of benzene rings is 10. The van der Waals surface area contributed by atoms with Crippen LogP contribution < -0.4 is 27.4 Å². The van der Waals surface area contributed by atoms with E-state index in [0.29, 0.717) is 57.9 Å². The minimum atomic E-state index is -1.18. The van der Waals surface area contributed by atoms with Gasteiger partial charge in [0.1, 0.15) is 0 Å². The van der Waals surface area contributed by atoms with E-state index in [4.69, 9.17) is 41.0 Å². The smallest absolute Gasteiger partial charge is 0.335 e. The molecule has 0 aromatic heterocycles. The molecule has 0 aliphatic rings. The number of methoxy groups -OCH3 is 4. The second-order valence-electron chi connectivity index (χ2n) is 26.7. The van der Waals surface area contributed by atoms with Crippen LogP contribution in [-0.4, -0.2) is 150 Å². The molecule has 636 valence electrons. The summed E-state index contributed by atoms with van der Waals surface area (Å²) in [5.74, 6) is -4.10. The lowest BCUT2D eigenvalue weighted by Crippen LogP contribution is -2.35. The first-order valence-electron chi connectivity index (χ1n) is 36.9. The van der Waals surface area contributed by atoms with Crippen LogP contribution in [0, 0.1) is 75.3 Å². The van der Waals surface area contributed by atoms with Gasteiger partial charge in [-0.15, -0.1) is 0 Å². The Morgan fingerprint density at radius 3 is 0.933 bits per heavy atom. The van der Waals surface area contributed by atoms with E-state index in [1.54, 1.807) is 59.6 Å². The van der Waals surface area contributed by atoms with Crippen molar-refractivity contribution in [1.82, 2.24) is 16.0 Å². The zero-order chi connectivity index (χ0) is 90.0. The molecule has 0 saturated heterocycles. The van der Waals surface area contributed by atoms with Crippen LogP contribution >= 0.6 is 45.2 Å². The molecule has 10 rings (SSSR count). The average molecular weight is 1870 g/mol. The van der Waals surface area contributed by atoms with E-state index in [2.05, 4.69) is 80.5 Å². The SMILES string of the molecule is CC.COCC(C)N.COCC(C)NC(=O)c1cc(-c2ccc(C)cc2)cc([N+](=O)[O-])c1.COCC(C)NC(=O)c1cc(I)cc(-c2ccc(C)cc2)c1.COCC(C)NC(=O)c1cc(N)cc(-c2ccc(C)cc2)c1.Cc1ccc(-c2cc(C(=O)O)cc([N+](=O)[O-])c2)cc1.O=C(O)c1cc(I)cc([N+](=O)[O-])c1.O=C(O)c1cccc([N+](=O)[O-])c1. The Hall–Kier alpha value is -12.3. The zero-order valence-electron chi connectivity index (χ0n) is 68.7. The van der Waals surface area contributed by atoms with Crippen LogP contribution in [0.4, 0.5) is 28.4 Å². The Labute approximate surface area is 722 Å². The van der Waals surface area contributed by atoms with Gasteiger partial charge in [0.05, 0.1) is 62.8 Å². The van der Waals surface area contributed by atoms with Crippen molar-refractivity contribution in [2.75, 3.05) is 60.6 Å². The molecule has 0 fully saturated rings. The number of non-ortho nitro benzene ring substituents is 4. The number of carboxylic acids is 3. The molecule has 0 radical (unpaired) electrons. The van der Waals surface area contributed by atoms with Gasteiger partial charge in [-0.05, 0) is 206 Å². The molecule has 0 saturated carbocycles. The maximum absolute atomic E-state index is 12.4. The number of amides is 3. The zero-order valence-corrected chi connectivity index (χ0v) is 73.0. The number of carboxylic acid groups (broad SMARTS) is 3. The van der Waals surface area contributed by atoms with Gasteiger partial charge in [0, 0.05) is 131 Å². The van der Waals surface area contributed by atoms with Gasteiger partial charge in [-0.2, -0.15) is 0 Å². The van der Waals surface area contributed by atoms with Crippen LogP contribution in [0.25, 0.3) is 44.5 Å². The Morgan fingerprint density at radius 1 is 0.350 bits per heavy atom. The molecule has 0 aliphatic heterocycles. The maximum Gasteiger partial charge on any atom is 0.335 e. The number of aryl methyl sites for hydroxylation is 4. The van der Waals surface area contributed by atoms with Crippen molar-refractivity contribution in [2.45, 2.75) is 93.4 Å². The number of aromatic carboxylic acids is 3. The van der Waals surface area contributed by atoms with Crippen LogP contribution in [0.1, 0.15) is 126 Å². The molecule has 4 unspecified atom stereocenters. The highest BCUT2D eigenvalue weighted by Gasteiger charge is 2.21. The molecule has 0 spiro atoms. The minimum absolute atomic E-state index is 0.0156. The van der Waals surface area contributed by atoms with Gasteiger partial charge in [-0.25, -0.2) is 14.4 Å². The number of nitro groups is 4. The van der Waals surface area contributed by atoms with Crippen LogP contribution in [0.3, 0.4) is 0 Å². The number of nitrogens with two attached hydrogens (primary N) is 2. The summed E-state index contributed by atoms with van der Waals surface area (Å²) in [6, 6.07) is 59.5. The predicted molar refractivity (Wildman–Crippen MR) is 480 cm³/mol. The summed E-state index contributed by atoms with van der Waals surface area (Å²) in [7, 11) is 6.43. The Balaban J connectivity index is 0.000000370. The average Bonchev–Trinajstić information content (AvgIpc) is 0.797. The molecule has 0 aliphatic carbocycles. The number of nitrogens with zero attached hydrogens (tertiary/aromatic N) is 4. The third-order valence-electron chi connectivity index (χ3n) is 16.1. The molecular weight excluding hydrogens is 1770 g/mol. The molecule has 120 heavy (non-hydrogen) atoms. The molecule has 30 nitrogen and oxygen atoms in total. The fraction of sp³-hybridized carbons (Fsp3) is 0.250. The lowest BCUT2D eigenvalue weighted by molar-refractivity contribution is -0.385.